The Kier molecular flexibility index (Phi) is 5.89. The van der Waals surface area contributed by atoms with E-state index in [0.717, 1.165) is 36.6 Å². The van der Waals surface area contributed by atoms with E-state index in [9.17, 15) is 4.79 Å². The molecule has 1 fully saturated rings. The van der Waals surface area contributed by atoms with Crippen LogP contribution in [0.5, 0.6) is 0 Å². The number of amides is 1. The molecule has 0 spiro atoms. The molecule has 32 heavy (non-hydrogen) atoms. The van der Waals surface area contributed by atoms with Gasteiger partial charge in [-0.1, -0.05) is 23.2 Å². The monoisotopic (exact) mass is 469 g/mol. The number of carbonyl (C=O) groups excluding carboxylic acids is 1. The molecule has 164 valence electrons. The summed E-state index contributed by atoms with van der Waals surface area (Å²) >= 11 is 11.9. The van der Waals surface area contributed by atoms with Crippen molar-refractivity contribution in [2.45, 2.75) is 31.6 Å². The van der Waals surface area contributed by atoms with Gasteiger partial charge in [0, 0.05) is 33.5 Å². The molecule has 0 bridgehead atoms. The van der Waals surface area contributed by atoms with Crippen LogP contribution in [0.3, 0.4) is 0 Å². The van der Waals surface area contributed by atoms with Crippen molar-refractivity contribution in [3.8, 4) is 11.5 Å². The lowest BCUT2D eigenvalue weighted by Gasteiger charge is -2.26. The zero-order valence-electron chi connectivity index (χ0n) is 17.2. The van der Waals surface area contributed by atoms with Crippen LogP contribution >= 0.6 is 23.2 Å². The molecule has 1 aliphatic carbocycles. The van der Waals surface area contributed by atoms with Gasteiger partial charge in [0.15, 0.2) is 5.76 Å². The van der Waals surface area contributed by atoms with Crippen LogP contribution in [0.15, 0.2) is 57.4 Å². The highest BCUT2D eigenvalue weighted by Crippen LogP contribution is 2.36. The number of nitrogens with one attached hydrogen (secondary N) is 1. The van der Waals surface area contributed by atoms with Gasteiger partial charge in [-0.15, -0.1) is 10.2 Å². The first-order valence-corrected chi connectivity index (χ1v) is 11.4. The standard InChI is InChI=1S/C24H21Cl2N3O3/c25-18-7-5-16(6-8-18)24-29-28-23(32-24)15-3-1-14(2-4-15)13-27-22(30)21-12-17-11-19(26)9-10-20(17)31-21/h5-12,14-15H,1-4,13H2,(H,27,30)/t14-,15-. The van der Waals surface area contributed by atoms with Crippen LogP contribution in [0.4, 0.5) is 0 Å². The second kappa shape index (κ2) is 8.96. The van der Waals surface area contributed by atoms with Gasteiger partial charge in [0.1, 0.15) is 5.58 Å². The molecule has 8 heteroatoms. The molecule has 2 heterocycles. The summed E-state index contributed by atoms with van der Waals surface area (Å²) in [7, 11) is 0. The van der Waals surface area contributed by atoms with Crippen molar-refractivity contribution in [3.63, 3.8) is 0 Å². The predicted molar refractivity (Wildman–Crippen MR) is 123 cm³/mol. The molecule has 6 nitrogen and oxygen atoms in total. The van der Waals surface area contributed by atoms with E-state index in [0.29, 0.717) is 45.6 Å². The number of hydrogen-bond donors (Lipinski definition) is 1. The molecular weight excluding hydrogens is 449 g/mol. The summed E-state index contributed by atoms with van der Waals surface area (Å²) in [6.07, 6.45) is 3.87. The lowest BCUT2D eigenvalue weighted by molar-refractivity contribution is 0.0916. The molecule has 0 atom stereocenters. The van der Waals surface area contributed by atoms with Gasteiger partial charge in [-0.25, -0.2) is 0 Å². The lowest BCUT2D eigenvalue weighted by Crippen LogP contribution is -2.30. The number of fused-ring (bicyclic) bond motifs is 1. The Hall–Kier alpha value is -2.83. The average molecular weight is 470 g/mol. The molecule has 1 N–H and O–H groups in total. The smallest absolute Gasteiger partial charge is 0.287 e. The summed E-state index contributed by atoms with van der Waals surface area (Å²) in [6.45, 7) is 0.614. The van der Waals surface area contributed by atoms with Gasteiger partial charge in [0.25, 0.3) is 5.91 Å². The number of nitrogens with zero attached hydrogens (tertiary/aromatic N) is 2. The van der Waals surface area contributed by atoms with E-state index in [1.807, 2.05) is 12.1 Å². The number of furan rings is 1. The van der Waals surface area contributed by atoms with Crippen LogP contribution in [0.25, 0.3) is 22.4 Å². The van der Waals surface area contributed by atoms with Gasteiger partial charge < -0.3 is 14.2 Å². The SMILES string of the molecule is O=C(NC[C@H]1CC[C@H](c2nnc(-c3ccc(Cl)cc3)o2)CC1)c1cc2cc(Cl)ccc2o1. The van der Waals surface area contributed by atoms with Gasteiger partial charge >= 0.3 is 0 Å². The molecule has 4 aromatic rings. The third-order valence-corrected chi connectivity index (χ3v) is 6.47. The minimum atomic E-state index is -0.205. The van der Waals surface area contributed by atoms with Crippen molar-refractivity contribution in [1.82, 2.24) is 15.5 Å². The Bertz CT molecular complexity index is 1240. The van der Waals surface area contributed by atoms with Gasteiger partial charge in [-0.3, -0.25) is 4.79 Å². The molecular formula is C24H21Cl2N3O3. The zero-order chi connectivity index (χ0) is 22.1. The maximum atomic E-state index is 12.5. The number of carbonyl (C=O) groups is 1. The Morgan fingerprint density at radius 2 is 1.69 bits per heavy atom. The van der Waals surface area contributed by atoms with Gasteiger partial charge in [-0.05, 0) is 80.1 Å². The third-order valence-electron chi connectivity index (χ3n) is 5.98. The zero-order valence-corrected chi connectivity index (χ0v) is 18.7. The Morgan fingerprint density at radius 1 is 0.938 bits per heavy atom. The average Bonchev–Trinajstić information content (AvgIpc) is 3.46. The van der Waals surface area contributed by atoms with E-state index in [1.165, 1.54) is 0 Å². The van der Waals surface area contributed by atoms with E-state index in [4.69, 9.17) is 32.0 Å². The van der Waals surface area contributed by atoms with Crippen molar-refractivity contribution < 1.29 is 13.6 Å². The molecule has 2 aromatic carbocycles. The van der Waals surface area contributed by atoms with E-state index in [1.54, 1.807) is 36.4 Å². The van der Waals surface area contributed by atoms with Gasteiger partial charge in [0.05, 0.1) is 0 Å². The molecule has 0 aliphatic heterocycles. The van der Waals surface area contributed by atoms with Crippen LogP contribution < -0.4 is 5.32 Å². The van der Waals surface area contributed by atoms with Gasteiger partial charge in [0.2, 0.25) is 11.8 Å². The Balaban J connectivity index is 1.14. The van der Waals surface area contributed by atoms with Crippen LogP contribution in [0, 0.1) is 5.92 Å². The molecule has 0 saturated heterocycles. The fraction of sp³-hybridized carbons (Fsp3) is 0.292. The molecule has 0 radical (unpaired) electrons. The van der Waals surface area contributed by atoms with Crippen molar-refractivity contribution in [1.29, 1.82) is 0 Å². The quantitative estimate of drug-likeness (QED) is 0.360. The summed E-state index contributed by atoms with van der Waals surface area (Å²) in [6, 6.07) is 14.4. The summed E-state index contributed by atoms with van der Waals surface area (Å²) < 4.78 is 11.6. The van der Waals surface area contributed by atoms with E-state index in [-0.39, 0.29) is 11.8 Å². The van der Waals surface area contributed by atoms with Crippen molar-refractivity contribution in [2.24, 2.45) is 5.92 Å². The first-order valence-electron chi connectivity index (χ1n) is 10.6. The second-order valence-electron chi connectivity index (χ2n) is 8.17. The molecule has 1 saturated carbocycles. The molecule has 1 amide bonds. The predicted octanol–water partition coefficient (Wildman–Crippen LogP) is 6.49. The van der Waals surface area contributed by atoms with Crippen molar-refractivity contribution in [3.05, 3.63) is 70.2 Å². The second-order valence-corrected chi connectivity index (χ2v) is 9.05. The van der Waals surface area contributed by atoms with Crippen LogP contribution in [0.2, 0.25) is 10.0 Å². The number of hydrogen-bond acceptors (Lipinski definition) is 5. The first kappa shape index (κ1) is 21.0. The van der Waals surface area contributed by atoms with Crippen molar-refractivity contribution >= 4 is 40.1 Å². The van der Waals surface area contributed by atoms with E-state index in [2.05, 4.69) is 15.5 Å². The summed E-state index contributed by atoms with van der Waals surface area (Å²) in [5.41, 5.74) is 1.51. The van der Waals surface area contributed by atoms with Crippen LogP contribution in [0.1, 0.15) is 48.0 Å². The van der Waals surface area contributed by atoms with Crippen LogP contribution in [-0.2, 0) is 0 Å². The minimum absolute atomic E-state index is 0.205. The molecule has 0 unspecified atom stereocenters. The van der Waals surface area contributed by atoms with Crippen molar-refractivity contribution in [2.75, 3.05) is 6.54 Å². The van der Waals surface area contributed by atoms with Gasteiger partial charge in [-0.2, -0.15) is 0 Å². The first-order chi connectivity index (χ1) is 15.5. The van der Waals surface area contributed by atoms with E-state index >= 15 is 0 Å². The fourth-order valence-corrected chi connectivity index (χ4v) is 4.48. The highest BCUT2D eigenvalue weighted by atomic mass is 35.5. The van der Waals surface area contributed by atoms with E-state index < -0.39 is 0 Å². The highest BCUT2D eigenvalue weighted by molar-refractivity contribution is 6.31. The highest BCUT2D eigenvalue weighted by Gasteiger charge is 2.27. The topological polar surface area (TPSA) is 81.2 Å². The number of halogens is 2. The third kappa shape index (κ3) is 4.52. The molecule has 2 aromatic heterocycles. The fourth-order valence-electron chi connectivity index (χ4n) is 4.17. The largest absolute Gasteiger partial charge is 0.451 e. The Labute approximate surface area is 194 Å². The Morgan fingerprint density at radius 3 is 2.47 bits per heavy atom. The normalized spacial score (nSPS) is 18.7. The summed E-state index contributed by atoms with van der Waals surface area (Å²) in [5, 5.41) is 13.6. The molecule has 5 rings (SSSR count). The summed E-state index contributed by atoms with van der Waals surface area (Å²) in [5.74, 6) is 1.94. The number of aromatic nitrogens is 2. The molecule has 1 aliphatic rings. The minimum Gasteiger partial charge on any atom is -0.451 e. The number of rotatable bonds is 5. The summed E-state index contributed by atoms with van der Waals surface area (Å²) in [4.78, 5) is 12.5. The maximum Gasteiger partial charge on any atom is 0.287 e. The van der Waals surface area contributed by atoms with Crippen LogP contribution in [-0.4, -0.2) is 22.6 Å². The maximum absolute atomic E-state index is 12.5. The number of benzene rings is 2. The lowest BCUT2D eigenvalue weighted by atomic mass is 9.82.